The van der Waals surface area contributed by atoms with E-state index in [4.69, 9.17) is 0 Å². The van der Waals surface area contributed by atoms with Gasteiger partial charge in [-0.3, -0.25) is 14.5 Å². The number of amides is 2. The Hall–Kier alpha value is -2.85. The molecule has 1 aliphatic rings. The van der Waals surface area contributed by atoms with E-state index in [2.05, 4.69) is 0 Å². The van der Waals surface area contributed by atoms with Gasteiger partial charge in [-0.2, -0.15) is 0 Å². The summed E-state index contributed by atoms with van der Waals surface area (Å²) in [6, 6.07) is 21.8. The number of aryl methyl sites for hydroxylation is 1. The van der Waals surface area contributed by atoms with Gasteiger partial charge >= 0.3 is 0 Å². The van der Waals surface area contributed by atoms with E-state index < -0.39 is 0 Å². The molecule has 1 aliphatic heterocycles. The first-order chi connectivity index (χ1) is 12.6. The molecule has 0 bridgehead atoms. The second-order valence-electron chi connectivity index (χ2n) is 6.32. The van der Waals surface area contributed by atoms with E-state index in [0.29, 0.717) is 4.91 Å². The molecule has 1 heterocycles. The fourth-order valence-electron chi connectivity index (χ4n) is 3.05. The van der Waals surface area contributed by atoms with E-state index in [0.717, 1.165) is 39.2 Å². The van der Waals surface area contributed by atoms with Crippen LogP contribution in [0.15, 0.2) is 71.6 Å². The molecule has 26 heavy (non-hydrogen) atoms. The highest BCUT2D eigenvalue weighted by Gasteiger charge is 2.35. The van der Waals surface area contributed by atoms with Crippen LogP contribution in [-0.2, 0) is 11.3 Å². The maximum Gasteiger partial charge on any atom is 0.293 e. The Morgan fingerprint density at radius 2 is 1.65 bits per heavy atom. The van der Waals surface area contributed by atoms with E-state index in [1.54, 1.807) is 6.08 Å². The van der Waals surface area contributed by atoms with Gasteiger partial charge in [0.05, 0.1) is 11.4 Å². The zero-order valence-corrected chi connectivity index (χ0v) is 15.1. The van der Waals surface area contributed by atoms with Crippen LogP contribution in [0.5, 0.6) is 0 Å². The first-order valence-corrected chi connectivity index (χ1v) is 9.22. The van der Waals surface area contributed by atoms with Gasteiger partial charge in [-0.15, -0.1) is 0 Å². The molecule has 2 amide bonds. The molecule has 0 atom stereocenters. The molecule has 4 rings (SSSR count). The standard InChI is InChI=1S/C22H17NO2S/c1-15-9-11-16(12-10-15)13-20-21(24)23(22(25)26-20)14-18-7-4-6-17-5-2-3-8-19(17)18/h2-13H,14H2,1H3. The van der Waals surface area contributed by atoms with Crippen molar-refractivity contribution in [3.05, 3.63) is 88.3 Å². The molecule has 1 fully saturated rings. The van der Waals surface area contributed by atoms with Crippen molar-refractivity contribution >= 4 is 39.8 Å². The predicted molar refractivity (Wildman–Crippen MR) is 107 cm³/mol. The van der Waals surface area contributed by atoms with E-state index in [9.17, 15) is 9.59 Å². The van der Waals surface area contributed by atoms with Gasteiger partial charge in [-0.05, 0) is 46.7 Å². The summed E-state index contributed by atoms with van der Waals surface area (Å²) in [5.41, 5.74) is 3.06. The number of nitrogens with zero attached hydrogens (tertiary/aromatic N) is 1. The number of carbonyl (C=O) groups is 2. The highest BCUT2D eigenvalue weighted by Crippen LogP contribution is 2.34. The molecule has 0 unspecified atom stereocenters. The third-order valence-electron chi connectivity index (χ3n) is 4.46. The minimum Gasteiger partial charge on any atom is -0.268 e. The molecule has 0 aliphatic carbocycles. The van der Waals surface area contributed by atoms with Crippen LogP contribution in [-0.4, -0.2) is 16.0 Å². The fourth-order valence-corrected chi connectivity index (χ4v) is 3.89. The molecule has 0 aromatic heterocycles. The van der Waals surface area contributed by atoms with Crippen molar-refractivity contribution in [2.75, 3.05) is 0 Å². The van der Waals surface area contributed by atoms with Gasteiger partial charge in [0.25, 0.3) is 11.1 Å². The monoisotopic (exact) mass is 359 g/mol. The summed E-state index contributed by atoms with van der Waals surface area (Å²) in [5.74, 6) is -0.228. The Labute approximate surface area is 156 Å². The van der Waals surface area contributed by atoms with Gasteiger partial charge in [-0.25, -0.2) is 0 Å². The van der Waals surface area contributed by atoms with Gasteiger partial charge < -0.3 is 0 Å². The minimum absolute atomic E-state index is 0.221. The summed E-state index contributed by atoms with van der Waals surface area (Å²) in [5, 5.41) is 1.95. The van der Waals surface area contributed by atoms with Crippen molar-refractivity contribution in [2.45, 2.75) is 13.5 Å². The number of hydrogen-bond donors (Lipinski definition) is 0. The number of benzene rings is 3. The number of imide groups is 1. The molecular weight excluding hydrogens is 342 g/mol. The lowest BCUT2D eigenvalue weighted by molar-refractivity contribution is -0.123. The second-order valence-corrected chi connectivity index (χ2v) is 7.31. The maximum absolute atomic E-state index is 12.7. The van der Waals surface area contributed by atoms with Crippen LogP contribution in [0.3, 0.4) is 0 Å². The first kappa shape index (κ1) is 16.6. The Kier molecular flexibility index (Phi) is 4.35. The molecule has 0 saturated carbocycles. The van der Waals surface area contributed by atoms with Crippen molar-refractivity contribution in [2.24, 2.45) is 0 Å². The van der Waals surface area contributed by atoms with Crippen LogP contribution in [0.25, 0.3) is 16.8 Å². The Balaban J connectivity index is 1.62. The zero-order chi connectivity index (χ0) is 18.1. The summed E-state index contributed by atoms with van der Waals surface area (Å²) in [7, 11) is 0. The Morgan fingerprint density at radius 3 is 2.46 bits per heavy atom. The van der Waals surface area contributed by atoms with Crippen LogP contribution >= 0.6 is 11.8 Å². The van der Waals surface area contributed by atoms with Crippen LogP contribution < -0.4 is 0 Å². The van der Waals surface area contributed by atoms with Gasteiger partial charge in [-0.1, -0.05) is 72.3 Å². The molecule has 0 radical (unpaired) electrons. The summed E-state index contributed by atoms with van der Waals surface area (Å²) in [4.78, 5) is 26.9. The van der Waals surface area contributed by atoms with Crippen molar-refractivity contribution in [3.63, 3.8) is 0 Å². The number of thioether (sulfide) groups is 1. The van der Waals surface area contributed by atoms with Gasteiger partial charge in [0, 0.05) is 0 Å². The van der Waals surface area contributed by atoms with E-state index in [-0.39, 0.29) is 17.7 Å². The smallest absolute Gasteiger partial charge is 0.268 e. The molecular formula is C22H17NO2S. The van der Waals surface area contributed by atoms with Gasteiger partial charge in [0.2, 0.25) is 0 Å². The van der Waals surface area contributed by atoms with Crippen LogP contribution in [0.2, 0.25) is 0 Å². The summed E-state index contributed by atoms with van der Waals surface area (Å²) in [6.45, 7) is 2.30. The van der Waals surface area contributed by atoms with Crippen molar-refractivity contribution in [3.8, 4) is 0 Å². The van der Waals surface area contributed by atoms with Gasteiger partial charge in [0.15, 0.2) is 0 Å². The van der Waals surface area contributed by atoms with Crippen LogP contribution in [0.4, 0.5) is 4.79 Å². The summed E-state index contributed by atoms with van der Waals surface area (Å²) in [6.07, 6.45) is 1.79. The van der Waals surface area contributed by atoms with Crippen molar-refractivity contribution in [1.29, 1.82) is 0 Å². The molecule has 128 valence electrons. The minimum atomic E-state index is -0.228. The molecule has 3 aromatic carbocycles. The molecule has 3 aromatic rings. The predicted octanol–water partition coefficient (Wildman–Crippen LogP) is 5.38. The van der Waals surface area contributed by atoms with E-state index >= 15 is 0 Å². The summed E-state index contributed by atoms with van der Waals surface area (Å²) >= 11 is 1.00. The lowest BCUT2D eigenvalue weighted by Crippen LogP contribution is -2.27. The topological polar surface area (TPSA) is 37.4 Å². The molecule has 0 spiro atoms. The normalized spacial score (nSPS) is 16.0. The second kappa shape index (κ2) is 6.81. The van der Waals surface area contributed by atoms with E-state index in [1.165, 1.54) is 4.90 Å². The lowest BCUT2D eigenvalue weighted by Gasteiger charge is -2.14. The van der Waals surface area contributed by atoms with Gasteiger partial charge in [0.1, 0.15) is 0 Å². The summed E-state index contributed by atoms with van der Waals surface area (Å²) < 4.78 is 0. The molecule has 1 saturated heterocycles. The first-order valence-electron chi connectivity index (χ1n) is 8.40. The number of fused-ring (bicyclic) bond motifs is 1. The number of hydrogen-bond acceptors (Lipinski definition) is 3. The fraction of sp³-hybridized carbons (Fsp3) is 0.0909. The lowest BCUT2D eigenvalue weighted by atomic mass is 10.0. The largest absolute Gasteiger partial charge is 0.293 e. The molecule has 3 nitrogen and oxygen atoms in total. The Bertz CT molecular complexity index is 1030. The average molecular weight is 359 g/mol. The Morgan fingerprint density at radius 1 is 0.923 bits per heavy atom. The highest BCUT2D eigenvalue weighted by atomic mass is 32.2. The SMILES string of the molecule is Cc1ccc(C=C2SC(=O)N(Cc3cccc4ccccc34)C2=O)cc1. The third-order valence-corrected chi connectivity index (χ3v) is 5.36. The highest BCUT2D eigenvalue weighted by molar-refractivity contribution is 8.18. The number of rotatable bonds is 3. The number of carbonyl (C=O) groups excluding carboxylic acids is 2. The van der Waals surface area contributed by atoms with E-state index in [1.807, 2.05) is 73.7 Å². The third kappa shape index (κ3) is 3.16. The van der Waals surface area contributed by atoms with Crippen LogP contribution in [0.1, 0.15) is 16.7 Å². The zero-order valence-electron chi connectivity index (χ0n) is 14.3. The molecule has 4 heteroatoms. The molecule has 0 N–H and O–H groups in total. The van der Waals surface area contributed by atoms with Crippen LogP contribution in [0, 0.1) is 6.92 Å². The maximum atomic E-state index is 12.7. The quantitative estimate of drug-likeness (QED) is 0.589. The van der Waals surface area contributed by atoms with Crippen molar-refractivity contribution in [1.82, 2.24) is 4.90 Å². The average Bonchev–Trinajstić information content (AvgIpc) is 2.91. The van der Waals surface area contributed by atoms with Crippen molar-refractivity contribution < 1.29 is 9.59 Å².